The molecule has 0 spiro atoms. The van der Waals surface area contributed by atoms with Gasteiger partial charge in [-0.15, -0.1) is 0 Å². The zero-order chi connectivity index (χ0) is 15.7. The van der Waals surface area contributed by atoms with Crippen LogP contribution in [0.1, 0.15) is 30.6 Å². The Kier molecular flexibility index (Phi) is 4.02. The SMILES string of the molecule is CCc1ncnc(N2C[C@H](O)C[C@@H]2c2cccc(F)c2)c1F. The van der Waals surface area contributed by atoms with E-state index in [1.807, 2.05) is 6.92 Å². The predicted octanol–water partition coefficient (Wildman–Crippen LogP) is 2.63. The Hall–Kier alpha value is -2.08. The number of aromatic nitrogens is 2. The van der Waals surface area contributed by atoms with Gasteiger partial charge in [0, 0.05) is 6.54 Å². The fourth-order valence-corrected chi connectivity index (χ4v) is 2.92. The van der Waals surface area contributed by atoms with Crippen molar-refractivity contribution < 1.29 is 13.9 Å². The molecule has 6 heteroatoms. The highest BCUT2D eigenvalue weighted by molar-refractivity contribution is 5.46. The fourth-order valence-electron chi connectivity index (χ4n) is 2.92. The largest absolute Gasteiger partial charge is 0.391 e. The average Bonchev–Trinajstić information content (AvgIpc) is 2.89. The lowest BCUT2D eigenvalue weighted by Gasteiger charge is -2.26. The third-order valence-corrected chi connectivity index (χ3v) is 3.96. The molecule has 0 saturated carbocycles. The van der Waals surface area contributed by atoms with Crippen molar-refractivity contribution in [2.24, 2.45) is 0 Å². The summed E-state index contributed by atoms with van der Waals surface area (Å²) in [5.74, 6) is -0.658. The molecule has 1 aliphatic heterocycles. The molecular weight excluding hydrogens is 288 g/mol. The van der Waals surface area contributed by atoms with E-state index >= 15 is 0 Å². The Morgan fingerprint density at radius 2 is 2.14 bits per heavy atom. The summed E-state index contributed by atoms with van der Waals surface area (Å²) in [6, 6.07) is 5.86. The van der Waals surface area contributed by atoms with Gasteiger partial charge in [0.15, 0.2) is 11.6 Å². The van der Waals surface area contributed by atoms with E-state index in [1.54, 1.807) is 17.0 Å². The molecule has 0 amide bonds. The lowest BCUT2D eigenvalue weighted by molar-refractivity contribution is 0.194. The Balaban J connectivity index is 2.01. The number of aryl methyl sites for hydroxylation is 1. The van der Waals surface area contributed by atoms with Crippen LogP contribution in [0.4, 0.5) is 14.6 Å². The summed E-state index contributed by atoms with van der Waals surface area (Å²) in [4.78, 5) is 9.65. The number of hydrogen-bond acceptors (Lipinski definition) is 4. The van der Waals surface area contributed by atoms with Crippen LogP contribution in [0.15, 0.2) is 30.6 Å². The fraction of sp³-hybridized carbons (Fsp3) is 0.375. The number of β-amino-alcohol motifs (C(OH)–C–C–N with tert-alkyl or cyclic N) is 1. The zero-order valence-corrected chi connectivity index (χ0v) is 12.2. The van der Waals surface area contributed by atoms with Gasteiger partial charge >= 0.3 is 0 Å². The number of aliphatic hydroxyl groups is 1. The van der Waals surface area contributed by atoms with Crippen LogP contribution >= 0.6 is 0 Å². The van der Waals surface area contributed by atoms with Crippen LogP contribution in [-0.4, -0.2) is 27.7 Å². The van der Waals surface area contributed by atoms with Crippen LogP contribution < -0.4 is 4.90 Å². The third-order valence-electron chi connectivity index (χ3n) is 3.96. The van der Waals surface area contributed by atoms with Crippen molar-refractivity contribution in [1.82, 2.24) is 9.97 Å². The smallest absolute Gasteiger partial charge is 0.187 e. The molecule has 22 heavy (non-hydrogen) atoms. The second kappa shape index (κ2) is 5.96. The minimum atomic E-state index is -0.604. The Labute approximate surface area is 127 Å². The van der Waals surface area contributed by atoms with Crippen LogP contribution in [-0.2, 0) is 6.42 Å². The summed E-state index contributed by atoms with van der Waals surface area (Å²) in [5, 5.41) is 9.98. The molecule has 2 heterocycles. The molecule has 0 radical (unpaired) electrons. The van der Waals surface area contributed by atoms with Gasteiger partial charge in [-0.25, -0.2) is 18.7 Å². The minimum Gasteiger partial charge on any atom is -0.391 e. The van der Waals surface area contributed by atoms with Gasteiger partial charge < -0.3 is 10.0 Å². The second-order valence-electron chi connectivity index (χ2n) is 5.42. The first-order valence-electron chi connectivity index (χ1n) is 7.29. The number of rotatable bonds is 3. The van der Waals surface area contributed by atoms with Crippen LogP contribution in [0.25, 0.3) is 0 Å². The van der Waals surface area contributed by atoms with Gasteiger partial charge in [-0.1, -0.05) is 19.1 Å². The molecule has 0 bridgehead atoms. The van der Waals surface area contributed by atoms with Crippen molar-refractivity contribution in [3.8, 4) is 0 Å². The highest BCUT2D eigenvalue weighted by atomic mass is 19.1. The summed E-state index contributed by atoms with van der Waals surface area (Å²) < 4.78 is 28.0. The number of nitrogens with zero attached hydrogens (tertiary/aromatic N) is 3. The Morgan fingerprint density at radius 1 is 1.32 bits per heavy atom. The number of hydrogen-bond donors (Lipinski definition) is 1. The molecule has 2 atom stereocenters. The summed E-state index contributed by atoms with van der Waals surface area (Å²) in [5.41, 5.74) is 1.04. The maximum absolute atomic E-state index is 14.5. The van der Waals surface area contributed by atoms with Crippen LogP contribution in [0, 0.1) is 11.6 Å². The van der Waals surface area contributed by atoms with Gasteiger partial charge in [-0.2, -0.15) is 0 Å². The standard InChI is InChI=1S/C16H17F2N3O/c1-2-13-15(18)16(20-9-19-13)21-8-12(22)7-14(21)10-4-3-5-11(17)6-10/h3-6,9,12,14,22H,2,7-8H2,1H3/t12-,14-/m1/s1. The van der Waals surface area contributed by atoms with E-state index in [1.165, 1.54) is 18.5 Å². The number of halogens is 2. The average molecular weight is 305 g/mol. The molecule has 2 aromatic rings. The minimum absolute atomic E-state index is 0.165. The van der Waals surface area contributed by atoms with Crippen LogP contribution in [0.3, 0.4) is 0 Å². The van der Waals surface area contributed by atoms with Crippen LogP contribution in [0.2, 0.25) is 0 Å². The van der Waals surface area contributed by atoms with Gasteiger partial charge in [0.1, 0.15) is 12.1 Å². The third kappa shape index (κ3) is 2.66. The van der Waals surface area contributed by atoms with E-state index in [4.69, 9.17) is 0 Å². The van der Waals surface area contributed by atoms with Crippen molar-refractivity contribution in [3.05, 3.63) is 53.5 Å². The molecule has 3 rings (SSSR count). The van der Waals surface area contributed by atoms with E-state index in [0.717, 1.165) is 0 Å². The summed E-state index contributed by atoms with van der Waals surface area (Å²) in [7, 11) is 0. The normalized spacial score (nSPS) is 21.4. The first-order valence-corrected chi connectivity index (χ1v) is 7.29. The van der Waals surface area contributed by atoms with Gasteiger partial charge in [0.05, 0.1) is 17.8 Å². The summed E-state index contributed by atoms with van der Waals surface area (Å²) in [6.45, 7) is 2.08. The van der Waals surface area contributed by atoms with Crippen molar-refractivity contribution in [2.75, 3.05) is 11.4 Å². The van der Waals surface area contributed by atoms with Gasteiger partial charge in [0.25, 0.3) is 0 Å². The van der Waals surface area contributed by atoms with E-state index in [9.17, 15) is 13.9 Å². The van der Waals surface area contributed by atoms with Crippen LogP contribution in [0.5, 0.6) is 0 Å². The topological polar surface area (TPSA) is 49.2 Å². The van der Waals surface area contributed by atoms with E-state index in [2.05, 4.69) is 9.97 Å². The monoisotopic (exact) mass is 305 g/mol. The van der Waals surface area contributed by atoms with Crippen molar-refractivity contribution in [1.29, 1.82) is 0 Å². The van der Waals surface area contributed by atoms with E-state index in [0.29, 0.717) is 24.1 Å². The van der Waals surface area contributed by atoms with Crippen molar-refractivity contribution >= 4 is 5.82 Å². The Morgan fingerprint density at radius 3 is 2.86 bits per heavy atom. The highest BCUT2D eigenvalue weighted by Crippen LogP contribution is 2.36. The molecule has 116 valence electrons. The first kappa shape index (κ1) is 14.8. The molecular formula is C16H17F2N3O. The lowest BCUT2D eigenvalue weighted by Crippen LogP contribution is -2.27. The summed E-state index contributed by atoms with van der Waals surface area (Å²) >= 11 is 0. The van der Waals surface area contributed by atoms with Gasteiger partial charge in [-0.05, 0) is 30.5 Å². The molecule has 1 fully saturated rings. The van der Waals surface area contributed by atoms with Crippen molar-refractivity contribution in [3.63, 3.8) is 0 Å². The van der Waals surface area contributed by atoms with Gasteiger partial charge in [0.2, 0.25) is 0 Å². The van der Waals surface area contributed by atoms with Gasteiger partial charge in [-0.3, -0.25) is 0 Å². The first-order chi connectivity index (χ1) is 10.6. The zero-order valence-electron chi connectivity index (χ0n) is 12.2. The molecule has 0 unspecified atom stereocenters. The maximum atomic E-state index is 14.5. The highest BCUT2D eigenvalue weighted by Gasteiger charge is 2.35. The molecule has 4 nitrogen and oxygen atoms in total. The second-order valence-corrected chi connectivity index (χ2v) is 5.42. The Bertz CT molecular complexity index is 680. The number of benzene rings is 1. The summed E-state index contributed by atoms with van der Waals surface area (Å²) in [6.07, 6.45) is 1.59. The molecule has 0 aliphatic carbocycles. The molecule has 1 saturated heterocycles. The van der Waals surface area contributed by atoms with E-state index in [-0.39, 0.29) is 24.2 Å². The predicted molar refractivity (Wildman–Crippen MR) is 78.5 cm³/mol. The van der Waals surface area contributed by atoms with E-state index < -0.39 is 11.9 Å². The number of anilines is 1. The molecule has 1 N–H and O–H groups in total. The molecule has 1 aliphatic rings. The lowest BCUT2D eigenvalue weighted by atomic mass is 10.0. The van der Waals surface area contributed by atoms with Crippen molar-refractivity contribution in [2.45, 2.75) is 31.9 Å². The quantitative estimate of drug-likeness (QED) is 0.947. The molecule has 1 aromatic carbocycles. The molecule has 1 aromatic heterocycles. The number of aliphatic hydroxyl groups excluding tert-OH is 1. The maximum Gasteiger partial charge on any atom is 0.187 e.